The summed E-state index contributed by atoms with van der Waals surface area (Å²) in [7, 11) is 1.41. The minimum atomic E-state index is -0.526. The zero-order chi connectivity index (χ0) is 12.6. The van der Waals surface area contributed by atoms with E-state index in [1.165, 1.54) is 20.0 Å². The number of carbonyl (C=O) groups is 1. The molecule has 0 atom stereocenters. The van der Waals surface area contributed by atoms with Gasteiger partial charge in [0.05, 0.1) is 12.7 Å². The molecule has 4 heteroatoms. The first-order chi connectivity index (χ1) is 8.16. The van der Waals surface area contributed by atoms with Gasteiger partial charge < -0.3 is 15.2 Å². The Balaban J connectivity index is 2.10. The van der Waals surface area contributed by atoms with Gasteiger partial charge >= 0.3 is 5.97 Å². The fraction of sp³-hybridized carbons (Fsp3) is 0.923. The largest absolute Gasteiger partial charge is 0.469 e. The summed E-state index contributed by atoms with van der Waals surface area (Å²) < 4.78 is 4.57. The second kappa shape index (κ2) is 7.67. The molecule has 100 valence electrons. The van der Waals surface area contributed by atoms with E-state index < -0.39 is 5.60 Å². The number of carbonyl (C=O) groups excluding carboxylic acids is 1. The van der Waals surface area contributed by atoms with Gasteiger partial charge in [-0.3, -0.25) is 4.79 Å². The van der Waals surface area contributed by atoms with Crippen LogP contribution < -0.4 is 5.32 Å². The Bertz CT molecular complexity index is 223. The van der Waals surface area contributed by atoms with Crippen LogP contribution in [0.25, 0.3) is 0 Å². The van der Waals surface area contributed by atoms with Crippen molar-refractivity contribution in [2.24, 2.45) is 0 Å². The average molecular weight is 243 g/mol. The molecule has 0 heterocycles. The van der Waals surface area contributed by atoms with Crippen LogP contribution in [0.15, 0.2) is 0 Å². The first-order valence-electron chi connectivity index (χ1n) is 6.66. The lowest BCUT2D eigenvalue weighted by Gasteiger charge is -2.26. The fourth-order valence-electron chi connectivity index (χ4n) is 2.34. The number of methoxy groups -OCH3 is 1. The molecule has 0 aromatic carbocycles. The van der Waals surface area contributed by atoms with Crippen LogP contribution in [-0.2, 0) is 9.53 Å². The van der Waals surface area contributed by atoms with E-state index in [9.17, 15) is 9.90 Å². The van der Waals surface area contributed by atoms with Gasteiger partial charge in [0.2, 0.25) is 0 Å². The van der Waals surface area contributed by atoms with Gasteiger partial charge in [-0.05, 0) is 25.8 Å². The molecule has 0 radical (unpaired) electrons. The van der Waals surface area contributed by atoms with Gasteiger partial charge in [-0.25, -0.2) is 0 Å². The summed E-state index contributed by atoms with van der Waals surface area (Å²) in [6.45, 7) is 1.41. The zero-order valence-corrected chi connectivity index (χ0v) is 10.8. The number of rotatable bonds is 6. The molecule has 0 unspecified atom stereocenters. The molecule has 17 heavy (non-hydrogen) atoms. The van der Waals surface area contributed by atoms with Crippen LogP contribution >= 0.6 is 0 Å². The number of aliphatic hydroxyl groups is 1. The Hall–Kier alpha value is -0.610. The van der Waals surface area contributed by atoms with Crippen molar-refractivity contribution < 1.29 is 14.6 Å². The van der Waals surface area contributed by atoms with Crippen molar-refractivity contribution in [3.63, 3.8) is 0 Å². The summed E-state index contributed by atoms with van der Waals surface area (Å²) in [5.41, 5.74) is -0.526. The number of hydrogen-bond acceptors (Lipinski definition) is 4. The number of hydrogen-bond donors (Lipinski definition) is 2. The third-order valence-corrected chi connectivity index (χ3v) is 3.45. The summed E-state index contributed by atoms with van der Waals surface area (Å²) in [4.78, 5) is 10.9. The maximum atomic E-state index is 10.9. The Morgan fingerprint density at radius 2 is 1.94 bits per heavy atom. The lowest BCUT2D eigenvalue weighted by atomic mass is 9.94. The molecule has 1 aliphatic rings. The fourth-order valence-corrected chi connectivity index (χ4v) is 2.34. The minimum Gasteiger partial charge on any atom is -0.469 e. The zero-order valence-electron chi connectivity index (χ0n) is 10.8. The van der Waals surface area contributed by atoms with Crippen molar-refractivity contribution >= 4 is 5.97 Å². The van der Waals surface area contributed by atoms with Crippen LogP contribution in [0.2, 0.25) is 0 Å². The smallest absolute Gasteiger partial charge is 0.305 e. The average Bonchev–Trinajstić information content (AvgIpc) is 2.54. The van der Waals surface area contributed by atoms with Crippen molar-refractivity contribution in [1.29, 1.82) is 0 Å². The van der Waals surface area contributed by atoms with Gasteiger partial charge in [-0.1, -0.05) is 25.7 Å². The monoisotopic (exact) mass is 243 g/mol. The molecule has 1 rings (SSSR count). The highest BCUT2D eigenvalue weighted by Gasteiger charge is 2.27. The topological polar surface area (TPSA) is 58.6 Å². The summed E-state index contributed by atoms with van der Waals surface area (Å²) in [5.74, 6) is -0.167. The predicted octanol–water partition coefficient (Wildman–Crippen LogP) is 1.61. The summed E-state index contributed by atoms with van der Waals surface area (Å²) in [6.07, 6.45) is 7.74. The molecule has 1 aliphatic carbocycles. The van der Waals surface area contributed by atoms with Crippen LogP contribution in [0.4, 0.5) is 0 Å². The molecule has 4 nitrogen and oxygen atoms in total. The molecule has 2 N–H and O–H groups in total. The third kappa shape index (κ3) is 6.03. The molecule has 0 amide bonds. The van der Waals surface area contributed by atoms with Gasteiger partial charge in [-0.2, -0.15) is 0 Å². The lowest BCUT2D eigenvalue weighted by Crippen LogP contribution is -2.40. The maximum Gasteiger partial charge on any atom is 0.305 e. The summed E-state index contributed by atoms with van der Waals surface area (Å²) >= 11 is 0. The highest BCUT2D eigenvalue weighted by atomic mass is 16.5. The Morgan fingerprint density at radius 3 is 2.53 bits per heavy atom. The van der Waals surface area contributed by atoms with Crippen molar-refractivity contribution in [1.82, 2.24) is 5.32 Å². The molecular formula is C13H25NO3. The molecular weight excluding hydrogens is 218 g/mol. The minimum absolute atomic E-state index is 0.167. The number of nitrogens with one attached hydrogen (secondary N) is 1. The van der Waals surface area contributed by atoms with E-state index >= 15 is 0 Å². The molecule has 0 aromatic rings. The van der Waals surface area contributed by atoms with Gasteiger partial charge in [0.15, 0.2) is 0 Å². The Kier molecular flexibility index (Phi) is 6.52. The molecule has 0 aliphatic heterocycles. The van der Waals surface area contributed by atoms with E-state index in [2.05, 4.69) is 10.1 Å². The van der Waals surface area contributed by atoms with E-state index in [1.807, 2.05) is 0 Å². The van der Waals surface area contributed by atoms with Crippen LogP contribution in [0.3, 0.4) is 0 Å². The SMILES string of the molecule is COC(=O)CCCNCC1(O)CCCCCC1. The van der Waals surface area contributed by atoms with Gasteiger partial charge in [-0.15, -0.1) is 0 Å². The van der Waals surface area contributed by atoms with E-state index in [0.717, 1.165) is 38.6 Å². The van der Waals surface area contributed by atoms with Crippen molar-refractivity contribution in [3.05, 3.63) is 0 Å². The van der Waals surface area contributed by atoms with Gasteiger partial charge in [0.1, 0.15) is 0 Å². The second-order valence-corrected chi connectivity index (χ2v) is 5.00. The van der Waals surface area contributed by atoms with Crippen molar-refractivity contribution in [2.75, 3.05) is 20.2 Å². The predicted molar refractivity (Wildman–Crippen MR) is 66.8 cm³/mol. The normalized spacial score (nSPS) is 19.6. The van der Waals surface area contributed by atoms with Gasteiger partial charge in [0.25, 0.3) is 0 Å². The standard InChI is InChI=1S/C13H25NO3/c1-17-12(15)7-6-10-14-11-13(16)8-4-2-3-5-9-13/h14,16H,2-11H2,1H3. The van der Waals surface area contributed by atoms with Crippen LogP contribution in [0.5, 0.6) is 0 Å². The molecule has 1 saturated carbocycles. The number of esters is 1. The highest BCUT2D eigenvalue weighted by molar-refractivity contribution is 5.69. The van der Waals surface area contributed by atoms with Gasteiger partial charge in [0, 0.05) is 13.0 Å². The van der Waals surface area contributed by atoms with E-state index in [4.69, 9.17) is 0 Å². The molecule has 0 aromatic heterocycles. The van der Waals surface area contributed by atoms with Crippen molar-refractivity contribution in [3.8, 4) is 0 Å². The lowest BCUT2D eigenvalue weighted by molar-refractivity contribution is -0.140. The van der Waals surface area contributed by atoms with Crippen LogP contribution in [0.1, 0.15) is 51.4 Å². The Labute approximate surface area is 104 Å². The summed E-state index contributed by atoms with van der Waals surface area (Å²) in [6, 6.07) is 0. The third-order valence-electron chi connectivity index (χ3n) is 3.45. The second-order valence-electron chi connectivity index (χ2n) is 5.00. The van der Waals surface area contributed by atoms with Crippen LogP contribution in [0, 0.1) is 0 Å². The van der Waals surface area contributed by atoms with E-state index in [0.29, 0.717) is 13.0 Å². The van der Waals surface area contributed by atoms with E-state index in [-0.39, 0.29) is 5.97 Å². The molecule has 0 saturated heterocycles. The first kappa shape index (κ1) is 14.5. The van der Waals surface area contributed by atoms with Crippen molar-refractivity contribution in [2.45, 2.75) is 57.0 Å². The quantitative estimate of drug-likeness (QED) is 0.423. The Morgan fingerprint density at radius 1 is 1.29 bits per heavy atom. The molecule has 1 fully saturated rings. The highest BCUT2D eigenvalue weighted by Crippen LogP contribution is 2.26. The molecule has 0 spiro atoms. The summed E-state index contributed by atoms with van der Waals surface area (Å²) in [5, 5.41) is 13.6. The number of ether oxygens (including phenoxy) is 1. The van der Waals surface area contributed by atoms with E-state index in [1.54, 1.807) is 0 Å². The first-order valence-corrected chi connectivity index (χ1v) is 6.66. The molecule has 0 bridgehead atoms. The maximum absolute atomic E-state index is 10.9. The van der Waals surface area contributed by atoms with Crippen LogP contribution in [-0.4, -0.2) is 36.9 Å².